The molecule has 5 nitrogen and oxygen atoms in total. The Bertz CT molecular complexity index is 1760. The van der Waals surface area contributed by atoms with Crippen LogP contribution < -0.4 is 0 Å². The number of aromatic nitrogens is 5. The molecular formula is C26H15Cl4N5. The van der Waals surface area contributed by atoms with Gasteiger partial charge in [0.15, 0.2) is 0 Å². The predicted octanol–water partition coefficient (Wildman–Crippen LogP) is 8.44. The summed E-state index contributed by atoms with van der Waals surface area (Å²) in [5, 5.41) is 1.36. The molecule has 172 valence electrons. The zero-order valence-corrected chi connectivity index (χ0v) is 21.2. The van der Waals surface area contributed by atoms with Crippen LogP contribution in [0.25, 0.3) is 52.2 Å². The summed E-state index contributed by atoms with van der Waals surface area (Å²) in [5.41, 5.74) is 6.30. The van der Waals surface area contributed by atoms with Gasteiger partial charge in [0.25, 0.3) is 0 Å². The van der Waals surface area contributed by atoms with Crippen LogP contribution in [0.15, 0.2) is 42.6 Å². The summed E-state index contributed by atoms with van der Waals surface area (Å²) in [6.45, 7) is 1.96. The second kappa shape index (κ2) is 8.54. The number of halogens is 4. The molecule has 35 heavy (non-hydrogen) atoms. The number of aryl methyl sites for hydroxylation is 1. The summed E-state index contributed by atoms with van der Waals surface area (Å²) in [4.78, 5) is 17.3. The average Bonchev–Trinajstić information content (AvgIpc) is 3.59. The summed E-state index contributed by atoms with van der Waals surface area (Å²) >= 11 is 27.2. The summed E-state index contributed by atoms with van der Waals surface area (Å²) in [6, 6.07) is 11.3. The van der Waals surface area contributed by atoms with E-state index < -0.39 is 0 Å². The van der Waals surface area contributed by atoms with E-state index in [-0.39, 0.29) is 5.02 Å². The first-order valence-electron chi connectivity index (χ1n) is 10.6. The lowest BCUT2D eigenvalue weighted by atomic mass is 10.3. The third-order valence-corrected chi connectivity index (χ3v) is 7.26. The number of H-pyrrole nitrogens is 1. The van der Waals surface area contributed by atoms with E-state index >= 15 is 0 Å². The standard InChI is InChI=1S/C26H15Cl4N5/c1-13-3-2-8-31-26(13)35-20-12-17-7-6-15(33-17)9-14-4-5-16(32-14)10-18-11-19(27)24(34-18)23(30)25(35)22(29)21(20)28/h2-12,34H,1H3. The molecule has 0 amide bonds. The molecule has 2 aliphatic rings. The molecule has 0 fully saturated rings. The molecule has 0 atom stereocenters. The summed E-state index contributed by atoms with van der Waals surface area (Å²) in [7, 11) is 0. The molecule has 9 heteroatoms. The lowest BCUT2D eigenvalue weighted by Crippen LogP contribution is -2.00. The molecule has 4 aromatic rings. The highest BCUT2D eigenvalue weighted by atomic mass is 35.5. The first kappa shape index (κ1) is 22.4. The minimum absolute atomic E-state index is 0.286. The molecule has 4 aromatic heterocycles. The Balaban J connectivity index is 1.86. The smallest absolute Gasteiger partial charge is 0.140 e. The van der Waals surface area contributed by atoms with Crippen molar-refractivity contribution >= 4 is 92.8 Å². The van der Waals surface area contributed by atoms with E-state index in [0.29, 0.717) is 43.1 Å². The van der Waals surface area contributed by atoms with Crippen LogP contribution in [0.5, 0.6) is 0 Å². The normalized spacial score (nSPS) is 12.5. The Morgan fingerprint density at radius 3 is 2.11 bits per heavy atom. The second-order valence-corrected chi connectivity index (χ2v) is 9.67. The van der Waals surface area contributed by atoms with Crippen LogP contribution in [0, 0.1) is 6.92 Å². The first-order chi connectivity index (χ1) is 16.9. The van der Waals surface area contributed by atoms with E-state index in [1.165, 1.54) is 0 Å². The number of fused-ring (bicyclic) bond motifs is 8. The zero-order chi connectivity index (χ0) is 24.3. The van der Waals surface area contributed by atoms with Crippen molar-refractivity contribution in [3.05, 3.63) is 91.0 Å². The van der Waals surface area contributed by atoms with Crippen LogP contribution in [0.1, 0.15) is 28.3 Å². The van der Waals surface area contributed by atoms with Crippen molar-refractivity contribution in [2.24, 2.45) is 0 Å². The maximum absolute atomic E-state index is 6.99. The fourth-order valence-electron chi connectivity index (χ4n) is 4.15. The van der Waals surface area contributed by atoms with Gasteiger partial charge < -0.3 is 4.98 Å². The van der Waals surface area contributed by atoms with Crippen molar-refractivity contribution in [2.45, 2.75) is 6.92 Å². The van der Waals surface area contributed by atoms with Gasteiger partial charge >= 0.3 is 0 Å². The third kappa shape index (κ3) is 3.85. The molecule has 0 aromatic carbocycles. The monoisotopic (exact) mass is 537 g/mol. The fraction of sp³-hybridized carbons (Fsp3) is 0.0385. The van der Waals surface area contributed by atoms with E-state index in [9.17, 15) is 0 Å². The van der Waals surface area contributed by atoms with Gasteiger partial charge in [-0.3, -0.25) is 4.57 Å². The van der Waals surface area contributed by atoms with Crippen molar-refractivity contribution in [3.8, 4) is 5.82 Å². The van der Waals surface area contributed by atoms with Gasteiger partial charge in [-0.05, 0) is 67.1 Å². The van der Waals surface area contributed by atoms with Crippen molar-refractivity contribution in [3.63, 3.8) is 0 Å². The highest BCUT2D eigenvalue weighted by molar-refractivity contribution is 6.50. The molecular weight excluding hydrogens is 524 g/mol. The van der Waals surface area contributed by atoms with E-state index in [0.717, 1.165) is 28.2 Å². The van der Waals surface area contributed by atoms with Crippen LogP contribution in [-0.4, -0.2) is 24.5 Å². The molecule has 6 heterocycles. The van der Waals surface area contributed by atoms with E-state index in [4.69, 9.17) is 51.4 Å². The largest absolute Gasteiger partial charge is 0.353 e. The first-order valence-corrected chi connectivity index (χ1v) is 12.2. The zero-order valence-electron chi connectivity index (χ0n) is 18.2. The number of aromatic amines is 1. The average molecular weight is 539 g/mol. The molecule has 0 aliphatic carbocycles. The van der Waals surface area contributed by atoms with Gasteiger partial charge in [0.1, 0.15) is 5.82 Å². The number of pyridine rings is 1. The van der Waals surface area contributed by atoms with E-state index in [2.05, 4.69) is 15.0 Å². The molecule has 0 radical (unpaired) electrons. The van der Waals surface area contributed by atoms with Crippen molar-refractivity contribution in [1.82, 2.24) is 24.5 Å². The van der Waals surface area contributed by atoms with Crippen molar-refractivity contribution in [1.29, 1.82) is 0 Å². The summed E-state index contributed by atoms with van der Waals surface area (Å²) in [5.74, 6) is 0.641. The second-order valence-electron chi connectivity index (χ2n) is 8.13. The Labute approximate surface area is 220 Å². The van der Waals surface area contributed by atoms with Crippen LogP contribution in [0.3, 0.4) is 0 Å². The van der Waals surface area contributed by atoms with Crippen LogP contribution in [0.2, 0.25) is 20.1 Å². The van der Waals surface area contributed by atoms with Gasteiger partial charge in [-0.25, -0.2) is 15.0 Å². The quantitative estimate of drug-likeness (QED) is 0.228. The van der Waals surface area contributed by atoms with Crippen LogP contribution >= 0.6 is 46.4 Å². The highest BCUT2D eigenvalue weighted by Crippen LogP contribution is 2.41. The molecule has 6 rings (SSSR count). The highest BCUT2D eigenvalue weighted by Gasteiger charge is 2.21. The van der Waals surface area contributed by atoms with Crippen LogP contribution in [-0.2, 0) is 0 Å². The van der Waals surface area contributed by atoms with Gasteiger partial charge in [0.2, 0.25) is 0 Å². The fourth-order valence-corrected chi connectivity index (χ4v) is 5.34. The molecule has 1 N–H and O–H groups in total. The Morgan fingerprint density at radius 1 is 0.771 bits per heavy atom. The number of rotatable bonds is 1. The number of nitrogens with one attached hydrogen (secondary N) is 1. The molecule has 0 unspecified atom stereocenters. The molecule has 2 aliphatic heterocycles. The maximum Gasteiger partial charge on any atom is 0.140 e. The van der Waals surface area contributed by atoms with Crippen molar-refractivity contribution in [2.75, 3.05) is 0 Å². The Kier molecular flexibility index (Phi) is 5.46. The summed E-state index contributed by atoms with van der Waals surface area (Å²) < 4.78 is 1.84. The van der Waals surface area contributed by atoms with E-state index in [1.54, 1.807) is 12.3 Å². The molecule has 0 saturated carbocycles. The number of nitrogens with zero attached hydrogens (tertiary/aromatic N) is 4. The molecule has 0 spiro atoms. The van der Waals surface area contributed by atoms with E-state index in [1.807, 2.05) is 66.1 Å². The minimum atomic E-state index is 0.286. The molecule has 0 saturated heterocycles. The Morgan fingerprint density at radius 2 is 1.43 bits per heavy atom. The maximum atomic E-state index is 6.99. The lowest BCUT2D eigenvalue weighted by molar-refractivity contribution is 1.05. The van der Waals surface area contributed by atoms with Gasteiger partial charge in [-0.15, -0.1) is 0 Å². The third-order valence-electron chi connectivity index (χ3n) is 5.75. The topological polar surface area (TPSA) is 59.4 Å². The van der Waals surface area contributed by atoms with Gasteiger partial charge in [0, 0.05) is 11.7 Å². The van der Waals surface area contributed by atoms with Gasteiger partial charge in [-0.2, -0.15) is 0 Å². The van der Waals surface area contributed by atoms with Gasteiger partial charge in [-0.1, -0.05) is 52.5 Å². The SMILES string of the molecule is Cc1cccnc1-n1c2cc3nc(cc4nc(cc5cc(Cl)c([nH]5)c(Cl)c1c(Cl)c2Cl)C=C4)C=C3. The minimum Gasteiger partial charge on any atom is -0.353 e. The lowest BCUT2D eigenvalue weighted by Gasteiger charge is -2.09. The summed E-state index contributed by atoms with van der Waals surface area (Å²) in [6.07, 6.45) is 9.40. The van der Waals surface area contributed by atoms with Gasteiger partial charge in [0.05, 0.1) is 59.4 Å². The van der Waals surface area contributed by atoms with Crippen molar-refractivity contribution < 1.29 is 0 Å². The Hall–Kier alpha value is -3.09. The predicted molar refractivity (Wildman–Crippen MR) is 146 cm³/mol. The van der Waals surface area contributed by atoms with Crippen LogP contribution in [0.4, 0.5) is 0 Å². The molecule has 8 bridgehead atoms. The number of hydrogen-bond acceptors (Lipinski definition) is 3. The number of hydrogen-bond donors (Lipinski definition) is 1.